The van der Waals surface area contributed by atoms with Gasteiger partial charge in [-0.25, -0.2) is 0 Å². The van der Waals surface area contributed by atoms with Crippen LogP contribution in [0.4, 0.5) is 0 Å². The SMILES string of the molecule is C[C@]12[C@H]3[C@@H]4C[C@H]5[C@@H]3C[C@@H]1[C@H]5[C@@H]4[C@@H]2NCc1ccccc1. The molecule has 104 valence electrons. The second-order valence-electron chi connectivity index (χ2n) is 8.46. The van der Waals surface area contributed by atoms with E-state index >= 15 is 0 Å². The lowest BCUT2D eigenvalue weighted by Crippen LogP contribution is -2.42. The Morgan fingerprint density at radius 2 is 1.90 bits per heavy atom. The number of nitrogens with one attached hydrogen (secondary N) is 1. The number of benzene rings is 1. The Kier molecular flexibility index (Phi) is 1.72. The van der Waals surface area contributed by atoms with Crippen molar-refractivity contribution in [3.05, 3.63) is 35.9 Å². The molecule has 6 fully saturated rings. The summed E-state index contributed by atoms with van der Waals surface area (Å²) in [6.07, 6.45) is 3.19. The van der Waals surface area contributed by atoms with Crippen molar-refractivity contribution >= 4 is 0 Å². The molecule has 1 heteroatoms. The summed E-state index contributed by atoms with van der Waals surface area (Å²) in [4.78, 5) is 0. The fourth-order valence-electron chi connectivity index (χ4n) is 8.31. The van der Waals surface area contributed by atoms with Gasteiger partial charge in [-0.1, -0.05) is 37.3 Å². The van der Waals surface area contributed by atoms with Gasteiger partial charge in [0, 0.05) is 12.6 Å². The van der Waals surface area contributed by atoms with E-state index < -0.39 is 0 Å². The Bertz CT molecular complexity index is 581. The Labute approximate surface area is 121 Å². The van der Waals surface area contributed by atoms with Gasteiger partial charge in [0.2, 0.25) is 0 Å². The molecule has 6 aliphatic rings. The van der Waals surface area contributed by atoms with Crippen LogP contribution in [0.15, 0.2) is 30.3 Å². The van der Waals surface area contributed by atoms with Crippen LogP contribution in [0.2, 0.25) is 0 Å². The smallest absolute Gasteiger partial charge is 0.0208 e. The van der Waals surface area contributed by atoms with E-state index in [1.807, 2.05) is 0 Å². The largest absolute Gasteiger partial charge is 0.309 e. The van der Waals surface area contributed by atoms with Crippen LogP contribution in [-0.4, -0.2) is 6.04 Å². The first-order valence-electron chi connectivity index (χ1n) is 8.57. The van der Waals surface area contributed by atoms with Crippen molar-refractivity contribution in [1.29, 1.82) is 0 Å². The van der Waals surface area contributed by atoms with Gasteiger partial charge in [0.15, 0.2) is 0 Å². The summed E-state index contributed by atoms with van der Waals surface area (Å²) < 4.78 is 0. The fourth-order valence-corrected chi connectivity index (χ4v) is 8.31. The van der Waals surface area contributed by atoms with Crippen molar-refractivity contribution < 1.29 is 0 Å². The van der Waals surface area contributed by atoms with Crippen LogP contribution < -0.4 is 5.32 Å². The van der Waals surface area contributed by atoms with Crippen LogP contribution in [-0.2, 0) is 6.54 Å². The van der Waals surface area contributed by atoms with Crippen molar-refractivity contribution in [1.82, 2.24) is 5.32 Å². The zero-order valence-electron chi connectivity index (χ0n) is 12.1. The highest BCUT2D eigenvalue weighted by atomic mass is 15.0. The lowest BCUT2D eigenvalue weighted by atomic mass is 9.64. The zero-order valence-corrected chi connectivity index (χ0v) is 12.1. The zero-order chi connectivity index (χ0) is 13.1. The third-order valence-electron chi connectivity index (χ3n) is 8.38. The van der Waals surface area contributed by atoms with Crippen LogP contribution >= 0.6 is 0 Å². The molecule has 0 heterocycles. The second-order valence-corrected chi connectivity index (χ2v) is 8.46. The molecular formula is C19H23N. The molecule has 6 saturated carbocycles. The molecule has 6 bridgehead atoms. The van der Waals surface area contributed by atoms with Gasteiger partial charge < -0.3 is 5.32 Å². The minimum Gasteiger partial charge on any atom is -0.309 e. The van der Waals surface area contributed by atoms with Crippen molar-refractivity contribution in [2.75, 3.05) is 0 Å². The van der Waals surface area contributed by atoms with Gasteiger partial charge in [-0.15, -0.1) is 0 Å². The van der Waals surface area contributed by atoms with Crippen LogP contribution in [0.25, 0.3) is 0 Å². The molecule has 0 unspecified atom stereocenters. The van der Waals surface area contributed by atoms with E-state index in [0.29, 0.717) is 5.41 Å². The van der Waals surface area contributed by atoms with Gasteiger partial charge in [0.05, 0.1) is 0 Å². The number of hydrogen-bond acceptors (Lipinski definition) is 1. The average Bonchev–Trinajstić information content (AvgIpc) is 3.16. The van der Waals surface area contributed by atoms with Gasteiger partial charge in [-0.05, 0) is 65.2 Å². The van der Waals surface area contributed by atoms with Gasteiger partial charge in [0.25, 0.3) is 0 Å². The minimum absolute atomic E-state index is 0.659. The Morgan fingerprint density at radius 3 is 2.70 bits per heavy atom. The highest BCUT2D eigenvalue weighted by Crippen LogP contribution is 2.86. The molecule has 1 aromatic carbocycles. The van der Waals surface area contributed by atoms with E-state index in [2.05, 4.69) is 42.6 Å². The van der Waals surface area contributed by atoms with Crippen LogP contribution in [0.1, 0.15) is 25.3 Å². The summed E-state index contributed by atoms with van der Waals surface area (Å²) in [7, 11) is 0. The monoisotopic (exact) mass is 265 g/mol. The first-order chi connectivity index (χ1) is 9.80. The molecule has 1 aromatic rings. The minimum atomic E-state index is 0.659. The first-order valence-corrected chi connectivity index (χ1v) is 8.57. The molecule has 0 amide bonds. The lowest BCUT2D eigenvalue weighted by molar-refractivity contribution is 0.0652. The predicted molar refractivity (Wildman–Crippen MR) is 78.8 cm³/mol. The summed E-state index contributed by atoms with van der Waals surface area (Å²) in [5.41, 5.74) is 2.11. The summed E-state index contributed by atoms with van der Waals surface area (Å²) in [6, 6.07) is 11.8. The van der Waals surface area contributed by atoms with Crippen LogP contribution in [0, 0.1) is 46.8 Å². The van der Waals surface area contributed by atoms with Gasteiger partial charge in [0.1, 0.15) is 0 Å². The molecule has 20 heavy (non-hydrogen) atoms. The molecular weight excluding hydrogens is 242 g/mol. The van der Waals surface area contributed by atoms with E-state index in [4.69, 9.17) is 0 Å². The van der Waals surface area contributed by atoms with E-state index in [9.17, 15) is 0 Å². The molecule has 1 N–H and O–H groups in total. The molecule has 0 spiro atoms. The standard InChI is InChI=1S/C19H23N/c1-19-14-8-12-11-7-13(17(12)19)16(15(11)14)18(19)20-9-10-5-3-2-4-6-10/h2-6,11-18,20H,7-9H2,1H3/t11-,12-,13+,14+,15-,16+,17+,18-,19+/m0/s1. The van der Waals surface area contributed by atoms with Crippen LogP contribution in [0.5, 0.6) is 0 Å². The maximum Gasteiger partial charge on any atom is 0.0208 e. The lowest BCUT2D eigenvalue weighted by Gasteiger charge is -2.40. The number of hydrogen-bond donors (Lipinski definition) is 1. The van der Waals surface area contributed by atoms with E-state index in [1.54, 1.807) is 12.8 Å². The molecule has 1 nitrogen and oxygen atoms in total. The molecule has 6 aliphatic carbocycles. The average molecular weight is 265 g/mol. The summed E-state index contributed by atoms with van der Waals surface area (Å²) in [6.45, 7) is 3.73. The van der Waals surface area contributed by atoms with Crippen molar-refractivity contribution in [2.45, 2.75) is 32.4 Å². The van der Waals surface area contributed by atoms with Gasteiger partial charge in [-0.2, -0.15) is 0 Å². The maximum atomic E-state index is 4.02. The topological polar surface area (TPSA) is 12.0 Å². The van der Waals surface area contributed by atoms with E-state index in [0.717, 1.165) is 54.0 Å². The molecule has 0 aromatic heterocycles. The molecule has 7 rings (SSSR count). The van der Waals surface area contributed by atoms with Gasteiger partial charge in [-0.3, -0.25) is 0 Å². The third kappa shape index (κ3) is 0.913. The molecule has 0 aliphatic heterocycles. The Hall–Kier alpha value is -0.820. The van der Waals surface area contributed by atoms with Gasteiger partial charge >= 0.3 is 0 Å². The van der Waals surface area contributed by atoms with Crippen molar-refractivity contribution in [3.63, 3.8) is 0 Å². The predicted octanol–water partition coefficient (Wildman–Crippen LogP) is 3.31. The van der Waals surface area contributed by atoms with Crippen molar-refractivity contribution in [2.24, 2.45) is 46.8 Å². The van der Waals surface area contributed by atoms with E-state index in [1.165, 1.54) is 5.56 Å². The Balaban J connectivity index is 1.34. The maximum absolute atomic E-state index is 4.02. The third-order valence-corrected chi connectivity index (χ3v) is 8.38. The fraction of sp³-hybridized carbons (Fsp3) is 0.684. The van der Waals surface area contributed by atoms with Crippen LogP contribution in [0.3, 0.4) is 0 Å². The van der Waals surface area contributed by atoms with E-state index in [-0.39, 0.29) is 0 Å². The normalized spacial score (nSPS) is 59.5. The second kappa shape index (κ2) is 3.16. The highest BCUT2D eigenvalue weighted by Gasteiger charge is 2.84. The molecule has 0 saturated heterocycles. The molecule has 9 atom stereocenters. The number of rotatable bonds is 3. The Morgan fingerprint density at radius 1 is 1.05 bits per heavy atom. The first kappa shape index (κ1) is 10.8. The summed E-state index contributed by atoms with van der Waals surface area (Å²) in [5, 5.41) is 4.02. The molecule has 0 radical (unpaired) electrons. The summed E-state index contributed by atoms with van der Waals surface area (Å²) in [5.74, 6) is 7.74. The summed E-state index contributed by atoms with van der Waals surface area (Å²) >= 11 is 0. The highest BCUT2D eigenvalue weighted by molar-refractivity contribution is 5.34. The quantitative estimate of drug-likeness (QED) is 0.884. The van der Waals surface area contributed by atoms with Crippen molar-refractivity contribution in [3.8, 4) is 0 Å².